The molecule has 18 heavy (non-hydrogen) atoms. The molecule has 7 heteroatoms. The molecule has 0 aliphatic carbocycles. The molecule has 1 aliphatic rings. The van der Waals surface area contributed by atoms with E-state index in [0.29, 0.717) is 18.4 Å². The third kappa shape index (κ3) is 2.23. The van der Waals surface area contributed by atoms with E-state index in [4.69, 9.17) is 22.1 Å². The van der Waals surface area contributed by atoms with Crippen molar-refractivity contribution < 1.29 is 9.84 Å². The van der Waals surface area contributed by atoms with Crippen LogP contribution in [0.2, 0.25) is 0 Å². The number of aliphatic hydroxyl groups excluding tert-OH is 1. The van der Waals surface area contributed by atoms with Crippen LogP contribution in [0.15, 0.2) is 11.0 Å². The number of aliphatic hydroxyl groups is 1. The maximum atomic E-state index is 11.8. The molecule has 6 nitrogen and oxygen atoms in total. The Kier molecular flexibility index (Phi) is 3.61. The first-order valence-corrected chi connectivity index (χ1v) is 6.25. The number of rotatable bonds is 3. The largest absolute Gasteiger partial charge is 0.393 e. The van der Waals surface area contributed by atoms with Gasteiger partial charge in [-0.05, 0) is 19.8 Å². The highest BCUT2D eigenvalue weighted by atomic mass is 35.5. The van der Waals surface area contributed by atoms with Crippen LogP contribution in [-0.2, 0) is 4.74 Å². The number of ether oxygens (including phenoxy) is 1. The first kappa shape index (κ1) is 13.3. The molecule has 1 saturated heterocycles. The molecular weight excluding hydrogens is 258 g/mol. The van der Waals surface area contributed by atoms with E-state index in [-0.39, 0.29) is 18.3 Å². The molecular formula is C11H16ClN3O3. The van der Waals surface area contributed by atoms with Gasteiger partial charge >= 0.3 is 5.69 Å². The number of nitrogen functional groups attached to an aromatic ring is 1. The molecule has 0 aromatic carbocycles. The Morgan fingerprint density at radius 1 is 1.78 bits per heavy atom. The van der Waals surface area contributed by atoms with E-state index in [1.54, 1.807) is 13.1 Å². The van der Waals surface area contributed by atoms with Crippen LogP contribution in [0, 0.1) is 6.92 Å². The smallest absolute Gasteiger partial charge is 0.351 e. The van der Waals surface area contributed by atoms with Crippen LogP contribution < -0.4 is 11.4 Å². The second-order valence-electron chi connectivity index (χ2n) is 4.58. The van der Waals surface area contributed by atoms with Crippen molar-refractivity contribution in [3.05, 3.63) is 22.2 Å². The highest BCUT2D eigenvalue weighted by Crippen LogP contribution is 2.36. The van der Waals surface area contributed by atoms with E-state index < -0.39 is 17.5 Å². The van der Waals surface area contributed by atoms with E-state index in [0.717, 1.165) is 0 Å². The van der Waals surface area contributed by atoms with Gasteiger partial charge in [0.2, 0.25) is 0 Å². The highest BCUT2D eigenvalue weighted by molar-refractivity contribution is 6.18. The number of hydrogen-bond acceptors (Lipinski definition) is 5. The standard InChI is InChI=1S/C11H16ClN3O3/c1-7-4-15(10(17)14-9(7)13)8-2-3-11(5-12,6-16)18-8/h4,8,16H,2-3,5-6H2,1H3,(H2,13,14,17)/t8-,11-/m1/s1. The Balaban J connectivity index is 2.30. The fourth-order valence-corrected chi connectivity index (χ4v) is 2.31. The zero-order chi connectivity index (χ0) is 13.3. The lowest BCUT2D eigenvalue weighted by atomic mass is 10.0. The number of hydrogen-bond donors (Lipinski definition) is 2. The fourth-order valence-electron chi connectivity index (χ4n) is 2.03. The Bertz CT molecular complexity index is 499. The molecule has 1 aliphatic heterocycles. The van der Waals surface area contributed by atoms with Crippen molar-refractivity contribution >= 4 is 17.4 Å². The molecule has 2 heterocycles. The third-order valence-electron chi connectivity index (χ3n) is 3.25. The van der Waals surface area contributed by atoms with Gasteiger partial charge in [0.25, 0.3) is 0 Å². The quantitative estimate of drug-likeness (QED) is 0.779. The SMILES string of the molecule is Cc1cn([C@H]2CC[C@](CO)(CCl)O2)c(=O)nc1N. The number of aryl methyl sites for hydroxylation is 1. The summed E-state index contributed by atoms with van der Waals surface area (Å²) < 4.78 is 7.11. The molecule has 0 amide bonds. The van der Waals surface area contributed by atoms with Gasteiger partial charge in [0.05, 0.1) is 12.5 Å². The predicted octanol–water partition coefficient (Wildman–Crippen LogP) is 0.413. The van der Waals surface area contributed by atoms with Crippen LogP contribution >= 0.6 is 11.6 Å². The fraction of sp³-hybridized carbons (Fsp3) is 0.636. The lowest BCUT2D eigenvalue weighted by molar-refractivity contribution is -0.0859. The van der Waals surface area contributed by atoms with Crippen molar-refractivity contribution in [3.63, 3.8) is 0 Å². The highest BCUT2D eigenvalue weighted by Gasteiger charge is 2.40. The minimum absolute atomic E-state index is 0.164. The van der Waals surface area contributed by atoms with Gasteiger partial charge in [-0.3, -0.25) is 4.57 Å². The molecule has 0 spiro atoms. The summed E-state index contributed by atoms with van der Waals surface area (Å²) in [4.78, 5) is 15.5. The molecule has 2 atom stereocenters. The molecule has 3 N–H and O–H groups in total. The number of nitrogens with two attached hydrogens (primary N) is 1. The normalized spacial score (nSPS) is 27.6. The molecule has 0 unspecified atom stereocenters. The number of halogens is 1. The summed E-state index contributed by atoms with van der Waals surface area (Å²) in [5, 5.41) is 9.32. The van der Waals surface area contributed by atoms with Gasteiger partial charge in [0.1, 0.15) is 17.6 Å². The van der Waals surface area contributed by atoms with Crippen LogP contribution in [0.1, 0.15) is 24.6 Å². The molecule has 1 fully saturated rings. The third-order valence-corrected chi connectivity index (χ3v) is 3.74. The molecule has 100 valence electrons. The zero-order valence-corrected chi connectivity index (χ0v) is 10.9. The maximum absolute atomic E-state index is 11.8. The second-order valence-corrected chi connectivity index (χ2v) is 4.85. The molecule has 1 aromatic heterocycles. The molecule has 0 radical (unpaired) electrons. The van der Waals surface area contributed by atoms with E-state index in [9.17, 15) is 9.90 Å². The average Bonchev–Trinajstić information content (AvgIpc) is 2.79. The summed E-state index contributed by atoms with van der Waals surface area (Å²) >= 11 is 5.81. The minimum Gasteiger partial charge on any atom is -0.393 e. The van der Waals surface area contributed by atoms with E-state index >= 15 is 0 Å². The van der Waals surface area contributed by atoms with Gasteiger partial charge in [0, 0.05) is 11.8 Å². The van der Waals surface area contributed by atoms with Gasteiger partial charge in [-0.2, -0.15) is 4.98 Å². The van der Waals surface area contributed by atoms with Crippen LogP contribution in [0.3, 0.4) is 0 Å². The monoisotopic (exact) mass is 273 g/mol. The van der Waals surface area contributed by atoms with Crippen molar-refractivity contribution in [1.82, 2.24) is 9.55 Å². The van der Waals surface area contributed by atoms with Gasteiger partial charge in [-0.15, -0.1) is 11.6 Å². The van der Waals surface area contributed by atoms with Crippen LogP contribution in [0.25, 0.3) is 0 Å². The summed E-state index contributed by atoms with van der Waals surface area (Å²) in [7, 11) is 0. The lowest BCUT2D eigenvalue weighted by Crippen LogP contribution is -2.36. The summed E-state index contributed by atoms with van der Waals surface area (Å²) in [5.41, 5.74) is 5.07. The van der Waals surface area contributed by atoms with Crippen molar-refractivity contribution in [2.75, 3.05) is 18.2 Å². The summed E-state index contributed by atoms with van der Waals surface area (Å²) in [6.45, 7) is 1.61. The van der Waals surface area contributed by atoms with E-state index in [1.165, 1.54) is 4.57 Å². The van der Waals surface area contributed by atoms with Gasteiger partial charge in [0.15, 0.2) is 0 Å². The maximum Gasteiger partial charge on any atom is 0.351 e. The van der Waals surface area contributed by atoms with Crippen molar-refractivity contribution in [1.29, 1.82) is 0 Å². The molecule has 0 bridgehead atoms. The lowest BCUT2D eigenvalue weighted by Gasteiger charge is -2.25. The zero-order valence-electron chi connectivity index (χ0n) is 10.1. The minimum atomic E-state index is -0.763. The number of aromatic nitrogens is 2. The summed E-state index contributed by atoms with van der Waals surface area (Å²) in [6.07, 6.45) is 2.39. The van der Waals surface area contributed by atoms with Gasteiger partial charge in [-0.25, -0.2) is 4.79 Å². The predicted molar refractivity (Wildman–Crippen MR) is 67.5 cm³/mol. The van der Waals surface area contributed by atoms with Crippen molar-refractivity contribution in [3.8, 4) is 0 Å². The van der Waals surface area contributed by atoms with Crippen LogP contribution in [-0.4, -0.2) is 32.7 Å². The number of nitrogens with zero attached hydrogens (tertiary/aromatic N) is 2. The topological polar surface area (TPSA) is 90.4 Å². The van der Waals surface area contributed by atoms with Crippen molar-refractivity contribution in [2.24, 2.45) is 0 Å². The Morgan fingerprint density at radius 3 is 3.06 bits per heavy atom. The Labute approximate surface area is 109 Å². The van der Waals surface area contributed by atoms with Crippen molar-refractivity contribution in [2.45, 2.75) is 31.6 Å². The average molecular weight is 274 g/mol. The summed E-state index contributed by atoms with van der Waals surface area (Å²) in [5.74, 6) is 0.413. The first-order valence-electron chi connectivity index (χ1n) is 5.71. The molecule has 2 rings (SSSR count). The van der Waals surface area contributed by atoms with E-state index in [2.05, 4.69) is 4.98 Å². The second kappa shape index (κ2) is 4.87. The van der Waals surface area contributed by atoms with Crippen LogP contribution in [0.5, 0.6) is 0 Å². The molecule has 1 aromatic rings. The van der Waals surface area contributed by atoms with Crippen LogP contribution in [0.4, 0.5) is 5.82 Å². The van der Waals surface area contributed by atoms with Gasteiger partial charge in [-0.1, -0.05) is 0 Å². The Hall–Kier alpha value is -1.11. The number of alkyl halides is 1. The van der Waals surface area contributed by atoms with E-state index in [1.807, 2.05) is 0 Å². The Morgan fingerprint density at radius 2 is 2.50 bits per heavy atom. The number of anilines is 1. The van der Waals surface area contributed by atoms with Gasteiger partial charge < -0.3 is 15.6 Å². The molecule has 0 saturated carbocycles. The first-order chi connectivity index (χ1) is 8.51. The summed E-state index contributed by atoms with van der Waals surface area (Å²) in [6, 6.07) is 0.